The topological polar surface area (TPSA) is 81.5 Å². The van der Waals surface area contributed by atoms with Gasteiger partial charge in [0.1, 0.15) is 6.61 Å². The number of ether oxygens (including phenoxy) is 1. The van der Waals surface area contributed by atoms with Gasteiger partial charge in [-0.25, -0.2) is 14.7 Å². The minimum atomic E-state index is -0.614. The van der Waals surface area contributed by atoms with Crippen molar-refractivity contribution in [2.24, 2.45) is 0 Å². The van der Waals surface area contributed by atoms with Crippen LogP contribution in [-0.2, 0) is 9.53 Å². The molecule has 0 unspecified atom stereocenters. The summed E-state index contributed by atoms with van der Waals surface area (Å²) in [4.78, 5) is 42.2. The normalized spacial score (nSPS) is 15.4. The molecule has 1 aliphatic heterocycles. The fourth-order valence-corrected chi connectivity index (χ4v) is 3.60. The lowest BCUT2D eigenvalue weighted by molar-refractivity contribution is -0.125. The van der Waals surface area contributed by atoms with E-state index in [4.69, 9.17) is 4.74 Å². The Kier molecular flexibility index (Phi) is 5.08. The van der Waals surface area contributed by atoms with E-state index in [1.165, 1.54) is 11.8 Å². The number of carbonyl (C=O) groups is 2. The molecule has 0 radical (unpaired) electrons. The number of imide groups is 1. The number of benzene rings is 1. The Balaban J connectivity index is 1.93. The molecule has 2 amide bonds. The Morgan fingerprint density at radius 2 is 2.12 bits per heavy atom. The lowest BCUT2D eigenvalue weighted by atomic mass is 10.2. The van der Waals surface area contributed by atoms with Crippen molar-refractivity contribution in [2.45, 2.75) is 31.5 Å². The van der Waals surface area contributed by atoms with E-state index >= 15 is 0 Å². The average Bonchev–Trinajstić information content (AvgIpc) is 3.05. The van der Waals surface area contributed by atoms with Crippen LogP contribution in [0.1, 0.15) is 26.3 Å². The number of nitrogens with zero attached hydrogens (tertiary/aromatic N) is 3. The number of carbonyl (C=O) groups excluding carboxylic acids is 2. The molecular formula is C17H19N3O4S. The van der Waals surface area contributed by atoms with E-state index in [1.54, 1.807) is 16.7 Å². The lowest BCUT2D eigenvalue weighted by Crippen LogP contribution is -2.33. The first kappa shape index (κ1) is 17.5. The van der Waals surface area contributed by atoms with E-state index in [1.807, 2.05) is 26.0 Å². The summed E-state index contributed by atoms with van der Waals surface area (Å²) in [5.74, 6) is -0.318. The van der Waals surface area contributed by atoms with Crippen LogP contribution in [0.2, 0.25) is 0 Å². The number of thioether (sulfide) groups is 1. The predicted molar refractivity (Wildman–Crippen MR) is 94.8 cm³/mol. The first-order chi connectivity index (χ1) is 12.0. The third kappa shape index (κ3) is 3.39. The van der Waals surface area contributed by atoms with Crippen molar-refractivity contribution in [1.82, 2.24) is 14.5 Å². The molecule has 1 fully saturated rings. The summed E-state index contributed by atoms with van der Waals surface area (Å²) in [6.45, 7) is 4.43. The lowest BCUT2D eigenvalue weighted by Gasteiger charge is -2.18. The average molecular weight is 361 g/mol. The number of rotatable bonds is 5. The molecule has 2 aromatic rings. The van der Waals surface area contributed by atoms with Crippen LogP contribution in [0.3, 0.4) is 0 Å². The number of fused-ring (bicyclic) bond motifs is 1. The number of hydrogen-bond donors (Lipinski definition) is 0. The summed E-state index contributed by atoms with van der Waals surface area (Å²) in [6.07, 6.45) is 0.149. The molecule has 1 aliphatic rings. The van der Waals surface area contributed by atoms with Crippen LogP contribution >= 0.6 is 11.8 Å². The van der Waals surface area contributed by atoms with Crippen LogP contribution in [0.4, 0.5) is 4.79 Å². The van der Waals surface area contributed by atoms with Gasteiger partial charge in [0.15, 0.2) is 5.16 Å². The molecular weight excluding hydrogens is 342 g/mol. The van der Waals surface area contributed by atoms with Gasteiger partial charge in [0.2, 0.25) is 5.91 Å². The highest BCUT2D eigenvalue weighted by atomic mass is 32.2. The number of cyclic esters (lactones) is 1. The second kappa shape index (κ2) is 7.26. The quantitative estimate of drug-likeness (QED) is 0.601. The van der Waals surface area contributed by atoms with Crippen molar-refractivity contribution >= 4 is 34.7 Å². The molecule has 3 rings (SSSR count). The van der Waals surface area contributed by atoms with Crippen LogP contribution in [0, 0.1) is 0 Å². The zero-order valence-electron chi connectivity index (χ0n) is 14.1. The molecule has 0 saturated carbocycles. The molecule has 0 bridgehead atoms. The molecule has 0 N–H and O–H groups in total. The van der Waals surface area contributed by atoms with Gasteiger partial charge in [0.25, 0.3) is 5.56 Å². The predicted octanol–water partition coefficient (Wildman–Crippen LogP) is 2.44. The fraction of sp³-hybridized carbons (Fsp3) is 0.412. The van der Waals surface area contributed by atoms with Crippen LogP contribution < -0.4 is 5.56 Å². The summed E-state index contributed by atoms with van der Waals surface area (Å²) in [5.41, 5.74) is 0.484. The second-order valence-corrected chi connectivity index (χ2v) is 6.73. The highest BCUT2D eigenvalue weighted by Crippen LogP contribution is 2.23. The number of amides is 2. The molecule has 0 spiro atoms. The largest absolute Gasteiger partial charge is 0.447 e. The van der Waals surface area contributed by atoms with Crippen LogP contribution in [0.5, 0.6) is 0 Å². The Morgan fingerprint density at radius 3 is 2.80 bits per heavy atom. The number of aromatic nitrogens is 2. The first-order valence-electron chi connectivity index (χ1n) is 8.14. The maximum atomic E-state index is 12.8. The SMILES string of the molecule is CC[C@H](C)n1c(SCC(=O)N2CCOC2=O)nc2ccccc2c1=O. The summed E-state index contributed by atoms with van der Waals surface area (Å²) >= 11 is 1.17. The minimum absolute atomic E-state index is 0.0241. The van der Waals surface area contributed by atoms with Gasteiger partial charge in [-0.05, 0) is 25.5 Å². The standard InChI is InChI=1S/C17H19N3O4S/c1-3-11(2)20-15(22)12-6-4-5-7-13(12)18-16(20)25-10-14(21)19-8-9-24-17(19)23/h4-7,11H,3,8-10H2,1-2H3/t11-/m0/s1. The van der Waals surface area contributed by atoms with Gasteiger partial charge in [0, 0.05) is 6.04 Å². The molecule has 25 heavy (non-hydrogen) atoms. The molecule has 1 aromatic carbocycles. The highest BCUT2D eigenvalue weighted by Gasteiger charge is 2.28. The van der Waals surface area contributed by atoms with Crippen molar-refractivity contribution in [3.63, 3.8) is 0 Å². The van der Waals surface area contributed by atoms with Crippen LogP contribution in [-0.4, -0.2) is 45.4 Å². The van der Waals surface area contributed by atoms with Gasteiger partial charge in [0.05, 0.1) is 23.2 Å². The maximum Gasteiger partial charge on any atom is 0.416 e. The summed E-state index contributed by atoms with van der Waals surface area (Å²) in [7, 11) is 0. The zero-order valence-corrected chi connectivity index (χ0v) is 14.9. The van der Waals surface area contributed by atoms with Crippen molar-refractivity contribution in [1.29, 1.82) is 0 Å². The fourth-order valence-electron chi connectivity index (χ4n) is 2.62. The Labute approximate surface area is 149 Å². The second-order valence-electron chi connectivity index (χ2n) is 5.79. The Morgan fingerprint density at radius 1 is 1.36 bits per heavy atom. The van der Waals surface area contributed by atoms with Crippen molar-refractivity contribution in [3.8, 4) is 0 Å². The highest BCUT2D eigenvalue weighted by molar-refractivity contribution is 7.99. The van der Waals surface area contributed by atoms with Crippen molar-refractivity contribution < 1.29 is 14.3 Å². The van der Waals surface area contributed by atoms with Crippen molar-refractivity contribution in [3.05, 3.63) is 34.6 Å². The van der Waals surface area contributed by atoms with Crippen molar-refractivity contribution in [2.75, 3.05) is 18.9 Å². The number of para-hydroxylation sites is 1. The molecule has 2 heterocycles. The molecule has 0 aliphatic carbocycles. The Hall–Kier alpha value is -2.35. The number of hydrogen-bond acceptors (Lipinski definition) is 6. The molecule has 132 valence electrons. The van der Waals surface area contributed by atoms with E-state index in [2.05, 4.69) is 4.98 Å². The molecule has 7 nitrogen and oxygen atoms in total. The maximum absolute atomic E-state index is 12.8. The van der Waals surface area contributed by atoms with Gasteiger partial charge in [-0.1, -0.05) is 30.8 Å². The monoisotopic (exact) mass is 361 g/mol. The van der Waals surface area contributed by atoms with E-state index in [0.29, 0.717) is 16.1 Å². The molecule has 1 aromatic heterocycles. The third-order valence-corrected chi connectivity index (χ3v) is 5.13. The smallest absolute Gasteiger partial charge is 0.416 e. The molecule has 1 atom stereocenters. The van der Waals surface area contributed by atoms with E-state index < -0.39 is 6.09 Å². The summed E-state index contributed by atoms with van der Waals surface area (Å²) in [6, 6.07) is 7.12. The van der Waals surface area contributed by atoms with E-state index in [0.717, 1.165) is 11.3 Å². The van der Waals surface area contributed by atoms with Gasteiger partial charge >= 0.3 is 6.09 Å². The van der Waals surface area contributed by atoms with E-state index in [-0.39, 0.29) is 36.4 Å². The van der Waals surface area contributed by atoms with Gasteiger partial charge in [-0.15, -0.1) is 0 Å². The summed E-state index contributed by atoms with van der Waals surface area (Å²) < 4.78 is 6.41. The van der Waals surface area contributed by atoms with Crippen LogP contribution in [0.25, 0.3) is 10.9 Å². The molecule has 1 saturated heterocycles. The van der Waals surface area contributed by atoms with Gasteiger partial charge < -0.3 is 4.74 Å². The minimum Gasteiger partial charge on any atom is -0.447 e. The van der Waals surface area contributed by atoms with Gasteiger partial charge in [-0.3, -0.25) is 14.2 Å². The third-order valence-electron chi connectivity index (χ3n) is 4.19. The van der Waals surface area contributed by atoms with Gasteiger partial charge in [-0.2, -0.15) is 0 Å². The molecule has 8 heteroatoms. The summed E-state index contributed by atoms with van der Waals surface area (Å²) in [5, 5.41) is 1.04. The first-order valence-corrected chi connectivity index (χ1v) is 9.12. The van der Waals surface area contributed by atoms with E-state index in [9.17, 15) is 14.4 Å². The zero-order chi connectivity index (χ0) is 18.0. The Bertz CT molecular complexity index is 880. The van der Waals surface area contributed by atoms with Crippen LogP contribution in [0.15, 0.2) is 34.2 Å².